The fraction of sp³-hybridized carbons (Fsp3) is 0.500. The van der Waals surface area contributed by atoms with E-state index in [4.69, 9.17) is 0 Å². The molecule has 0 bridgehead atoms. The Bertz CT molecular complexity index is 734. The minimum absolute atomic E-state index is 0.0327. The van der Waals surface area contributed by atoms with Crippen LogP contribution in [0.4, 0.5) is 11.8 Å². The van der Waals surface area contributed by atoms with Crippen LogP contribution in [0.5, 0.6) is 0 Å². The van der Waals surface area contributed by atoms with E-state index in [1.807, 2.05) is 11.3 Å². The van der Waals surface area contributed by atoms with Gasteiger partial charge in [0.05, 0.1) is 5.56 Å². The summed E-state index contributed by atoms with van der Waals surface area (Å²) in [5.74, 6) is 1.73. The lowest BCUT2D eigenvalue weighted by molar-refractivity contribution is 0.492. The average molecular weight is 318 g/mol. The third-order valence-electron chi connectivity index (χ3n) is 4.23. The molecule has 0 aromatic carbocycles. The zero-order chi connectivity index (χ0) is 15.7. The highest BCUT2D eigenvalue weighted by Gasteiger charge is 2.22. The molecule has 0 fully saturated rings. The normalized spacial score (nSPS) is 17.0. The quantitative estimate of drug-likeness (QED) is 0.811. The zero-order valence-electron chi connectivity index (χ0n) is 13.2. The van der Waals surface area contributed by atoms with Crippen molar-refractivity contribution in [2.75, 3.05) is 24.2 Å². The van der Waals surface area contributed by atoms with E-state index in [9.17, 15) is 4.79 Å². The second-order valence-corrected chi connectivity index (χ2v) is 7.29. The Morgan fingerprint density at radius 1 is 1.45 bits per heavy atom. The van der Waals surface area contributed by atoms with Crippen molar-refractivity contribution in [2.24, 2.45) is 5.92 Å². The number of rotatable bonds is 4. The molecule has 1 aliphatic rings. The first-order chi connectivity index (χ1) is 10.6. The predicted octanol–water partition coefficient (Wildman–Crippen LogP) is 2.71. The van der Waals surface area contributed by atoms with Crippen molar-refractivity contribution in [3.8, 4) is 0 Å². The number of H-pyrrole nitrogens is 1. The van der Waals surface area contributed by atoms with Gasteiger partial charge >= 0.3 is 0 Å². The average Bonchev–Trinajstić information content (AvgIpc) is 2.83. The molecule has 3 N–H and O–H groups in total. The van der Waals surface area contributed by atoms with Gasteiger partial charge in [-0.05, 0) is 50.7 Å². The van der Waals surface area contributed by atoms with Gasteiger partial charge in [0.2, 0.25) is 5.95 Å². The van der Waals surface area contributed by atoms with Crippen LogP contribution < -0.4 is 16.2 Å². The van der Waals surface area contributed by atoms with Crippen LogP contribution in [-0.2, 0) is 12.8 Å². The molecule has 1 unspecified atom stereocenters. The van der Waals surface area contributed by atoms with Crippen LogP contribution in [0.1, 0.15) is 27.3 Å². The standard InChI is InChI=1S/C16H22N4OS/c1-9-6-10(2)22-13(9)5-4-11-7-12-14(18-8-11)19-16(17-3)20-15(12)21/h6,11H,4-5,7-8H2,1-3H3,(H3,17,18,19,20,21). The third kappa shape index (κ3) is 3.02. The monoisotopic (exact) mass is 318 g/mol. The molecule has 0 amide bonds. The van der Waals surface area contributed by atoms with Gasteiger partial charge in [-0.25, -0.2) is 0 Å². The lowest BCUT2D eigenvalue weighted by Gasteiger charge is -2.24. The van der Waals surface area contributed by atoms with Crippen molar-refractivity contribution in [3.05, 3.63) is 37.3 Å². The van der Waals surface area contributed by atoms with Crippen LogP contribution in [0.2, 0.25) is 0 Å². The molecule has 2 aromatic rings. The molecule has 22 heavy (non-hydrogen) atoms. The number of fused-ring (bicyclic) bond motifs is 1. The highest BCUT2D eigenvalue weighted by Crippen LogP contribution is 2.27. The van der Waals surface area contributed by atoms with Crippen LogP contribution in [0.25, 0.3) is 0 Å². The minimum atomic E-state index is -0.0327. The number of thiophene rings is 1. The van der Waals surface area contributed by atoms with Gasteiger partial charge in [0.15, 0.2) is 0 Å². The lowest BCUT2D eigenvalue weighted by Crippen LogP contribution is -2.30. The van der Waals surface area contributed by atoms with E-state index >= 15 is 0 Å². The number of anilines is 2. The number of hydrogen-bond acceptors (Lipinski definition) is 5. The largest absolute Gasteiger partial charge is 0.369 e. The molecular weight excluding hydrogens is 296 g/mol. The van der Waals surface area contributed by atoms with Gasteiger partial charge in [-0.3, -0.25) is 9.78 Å². The molecule has 3 rings (SSSR count). The molecule has 0 saturated carbocycles. The molecule has 0 radical (unpaired) electrons. The molecule has 2 aromatic heterocycles. The van der Waals surface area contributed by atoms with Crippen molar-refractivity contribution in [1.82, 2.24) is 9.97 Å². The first-order valence-electron chi connectivity index (χ1n) is 7.67. The maximum atomic E-state index is 12.1. The number of nitrogens with zero attached hydrogens (tertiary/aromatic N) is 1. The highest BCUT2D eigenvalue weighted by molar-refractivity contribution is 7.12. The Morgan fingerprint density at radius 3 is 2.95 bits per heavy atom. The second kappa shape index (κ2) is 6.12. The Morgan fingerprint density at radius 2 is 2.27 bits per heavy atom. The van der Waals surface area contributed by atoms with Gasteiger partial charge < -0.3 is 10.6 Å². The van der Waals surface area contributed by atoms with Crippen LogP contribution in [-0.4, -0.2) is 23.6 Å². The topological polar surface area (TPSA) is 69.8 Å². The number of nitrogens with one attached hydrogen (secondary N) is 3. The van der Waals surface area contributed by atoms with Crippen molar-refractivity contribution in [2.45, 2.75) is 33.1 Å². The van der Waals surface area contributed by atoms with Gasteiger partial charge in [-0.2, -0.15) is 4.98 Å². The van der Waals surface area contributed by atoms with Gasteiger partial charge in [-0.15, -0.1) is 11.3 Å². The summed E-state index contributed by atoms with van der Waals surface area (Å²) in [7, 11) is 1.75. The van der Waals surface area contributed by atoms with Crippen molar-refractivity contribution in [1.29, 1.82) is 0 Å². The molecule has 6 heteroatoms. The molecule has 0 saturated heterocycles. The minimum Gasteiger partial charge on any atom is -0.369 e. The molecule has 118 valence electrons. The number of aromatic amines is 1. The second-order valence-electron chi connectivity index (χ2n) is 5.94. The van der Waals surface area contributed by atoms with Crippen molar-refractivity contribution in [3.63, 3.8) is 0 Å². The third-order valence-corrected chi connectivity index (χ3v) is 5.44. The summed E-state index contributed by atoms with van der Waals surface area (Å²) in [6.45, 7) is 5.22. The molecular formula is C16H22N4OS. The Balaban J connectivity index is 1.69. The Labute approximate surface area is 134 Å². The van der Waals surface area contributed by atoms with Gasteiger partial charge in [0.1, 0.15) is 5.82 Å². The number of aromatic nitrogens is 2. The SMILES string of the molecule is CNc1nc2c(c(=O)[nH]1)CC(CCc1sc(C)cc1C)CN2. The fourth-order valence-electron chi connectivity index (χ4n) is 3.03. The van der Waals surface area contributed by atoms with Gasteiger partial charge in [0.25, 0.3) is 5.56 Å². The molecule has 3 heterocycles. The first kappa shape index (κ1) is 15.1. The van der Waals surface area contributed by atoms with E-state index in [1.165, 1.54) is 15.3 Å². The van der Waals surface area contributed by atoms with Crippen molar-refractivity contribution >= 4 is 23.1 Å². The fourth-order valence-corrected chi connectivity index (χ4v) is 4.10. The van der Waals surface area contributed by atoms with Gasteiger partial charge in [0, 0.05) is 23.3 Å². The Hall–Kier alpha value is -1.82. The maximum Gasteiger partial charge on any atom is 0.257 e. The summed E-state index contributed by atoms with van der Waals surface area (Å²) in [6, 6.07) is 2.25. The van der Waals surface area contributed by atoms with Crippen LogP contribution in [0.15, 0.2) is 10.9 Å². The molecule has 5 nitrogen and oxygen atoms in total. The predicted molar refractivity (Wildman–Crippen MR) is 92.2 cm³/mol. The van der Waals surface area contributed by atoms with Crippen LogP contribution in [0.3, 0.4) is 0 Å². The van der Waals surface area contributed by atoms with E-state index in [2.05, 4.69) is 40.5 Å². The molecule has 0 aliphatic carbocycles. The van der Waals surface area contributed by atoms with E-state index in [0.29, 0.717) is 11.9 Å². The lowest BCUT2D eigenvalue weighted by atomic mass is 9.92. The summed E-state index contributed by atoms with van der Waals surface area (Å²) in [5.41, 5.74) is 2.15. The van der Waals surface area contributed by atoms with Crippen molar-refractivity contribution < 1.29 is 0 Å². The summed E-state index contributed by atoms with van der Waals surface area (Å²) < 4.78 is 0. The summed E-state index contributed by atoms with van der Waals surface area (Å²) >= 11 is 1.89. The summed E-state index contributed by atoms with van der Waals surface area (Å²) in [6.07, 6.45) is 2.99. The molecule has 1 aliphatic heterocycles. The van der Waals surface area contributed by atoms with Crippen LogP contribution >= 0.6 is 11.3 Å². The summed E-state index contributed by atoms with van der Waals surface area (Å²) in [4.78, 5) is 22.2. The van der Waals surface area contributed by atoms with E-state index < -0.39 is 0 Å². The maximum absolute atomic E-state index is 12.1. The van der Waals surface area contributed by atoms with E-state index in [0.717, 1.165) is 37.2 Å². The first-order valence-corrected chi connectivity index (χ1v) is 8.49. The number of hydrogen-bond donors (Lipinski definition) is 3. The molecule has 1 atom stereocenters. The molecule has 0 spiro atoms. The Kier molecular flexibility index (Phi) is 4.20. The van der Waals surface area contributed by atoms with E-state index in [1.54, 1.807) is 7.05 Å². The van der Waals surface area contributed by atoms with Crippen LogP contribution in [0, 0.1) is 19.8 Å². The van der Waals surface area contributed by atoms with E-state index in [-0.39, 0.29) is 5.56 Å². The smallest absolute Gasteiger partial charge is 0.257 e. The highest BCUT2D eigenvalue weighted by atomic mass is 32.1. The zero-order valence-corrected chi connectivity index (χ0v) is 14.1. The number of aryl methyl sites for hydroxylation is 3. The van der Waals surface area contributed by atoms with Gasteiger partial charge in [-0.1, -0.05) is 0 Å². The summed E-state index contributed by atoms with van der Waals surface area (Å²) in [5, 5.41) is 6.20.